The Bertz CT molecular complexity index is 1100. The lowest BCUT2D eigenvalue weighted by Gasteiger charge is -2.11. The first-order valence-electron chi connectivity index (χ1n) is 11.7. The topological polar surface area (TPSA) is 146 Å². The molecule has 0 radical (unpaired) electrons. The summed E-state index contributed by atoms with van der Waals surface area (Å²) in [7, 11) is 1.29. The van der Waals surface area contributed by atoms with Gasteiger partial charge in [0, 0.05) is 18.7 Å². The molecule has 0 spiro atoms. The molecule has 0 atom stereocenters. The average molecular weight is 511 g/mol. The summed E-state index contributed by atoms with van der Waals surface area (Å²) in [6.07, 6.45) is 0. The van der Waals surface area contributed by atoms with Gasteiger partial charge in [-0.2, -0.15) is 15.0 Å². The summed E-state index contributed by atoms with van der Waals surface area (Å²) in [4.78, 5) is 36.1. The molecule has 1 heterocycles. The van der Waals surface area contributed by atoms with E-state index < -0.39 is 5.97 Å². The maximum Gasteiger partial charge on any atom is 0.328 e. The molecule has 3 aromatic rings. The van der Waals surface area contributed by atoms with Crippen molar-refractivity contribution < 1.29 is 28.5 Å². The third-order valence-electron chi connectivity index (χ3n) is 4.66. The summed E-state index contributed by atoms with van der Waals surface area (Å²) < 4.78 is 21.3. The van der Waals surface area contributed by atoms with Crippen molar-refractivity contribution in [3.05, 3.63) is 66.2 Å². The number of hydrogen-bond donors (Lipinski definition) is 3. The number of ether oxygens (including phenoxy) is 4. The van der Waals surface area contributed by atoms with E-state index in [0.717, 1.165) is 0 Å². The van der Waals surface area contributed by atoms with Crippen molar-refractivity contribution in [1.82, 2.24) is 20.3 Å². The van der Waals surface area contributed by atoms with Crippen LogP contribution in [0.3, 0.4) is 0 Å². The van der Waals surface area contributed by atoms with Gasteiger partial charge in [-0.25, -0.2) is 0 Å². The number of aromatic nitrogens is 3. The number of carbonyl (C=O) groups excluding carboxylic acids is 2. The second kappa shape index (κ2) is 15.7. The molecule has 0 aliphatic carbocycles. The van der Waals surface area contributed by atoms with Crippen LogP contribution >= 0.6 is 0 Å². The van der Waals surface area contributed by atoms with Gasteiger partial charge in [0.05, 0.1) is 33.5 Å². The Morgan fingerprint density at radius 3 is 2.05 bits per heavy atom. The molecule has 0 unspecified atom stereocenters. The summed E-state index contributed by atoms with van der Waals surface area (Å²) in [5, 5.41) is 8.62. The maximum atomic E-state index is 11.9. The van der Waals surface area contributed by atoms with Crippen LogP contribution in [0, 0.1) is 0 Å². The quantitative estimate of drug-likeness (QED) is 0.192. The molecule has 0 bridgehead atoms. The predicted molar refractivity (Wildman–Crippen MR) is 136 cm³/mol. The second-order valence-electron chi connectivity index (χ2n) is 7.38. The van der Waals surface area contributed by atoms with Crippen molar-refractivity contribution in [2.45, 2.75) is 0 Å². The second-order valence-corrected chi connectivity index (χ2v) is 7.38. The smallest absolute Gasteiger partial charge is 0.328 e. The van der Waals surface area contributed by atoms with Crippen molar-refractivity contribution in [3.63, 3.8) is 0 Å². The van der Waals surface area contributed by atoms with Gasteiger partial charge in [0.15, 0.2) is 0 Å². The summed E-state index contributed by atoms with van der Waals surface area (Å²) in [5.74, 6) is 0.367. The van der Waals surface area contributed by atoms with Crippen LogP contribution in [0.4, 0.5) is 11.9 Å². The largest absolute Gasteiger partial charge is 0.468 e. The van der Waals surface area contributed by atoms with Crippen molar-refractivity contribution in [3.8, 4) is 11.8 Å². The molecule has 3 rings (SSSR count). The molecular weight excluding hydrogens is 480 g/mol. The minimum Gasteiger partial charge on any atom is -0.468 e. The fourth-order valence-electron chi connectivity index (χ4n) is 2.86. The molecule has 0 aliphatic rings. The van der Waals surface area contributed by atoms with Crippen LogP contribution in [-0.2, 0) is 19.0 Å². The number of carbonyl (C=O) groups is 2. The van der Waals surface area contributed by atoms with E-state index >= 15 is 0 Å². The van der Waals surface area contributed by atoms with Crippen LogP contribution in [0.5, 0.6) is 11.8 Å². The van der Waals surface area contributed by atoms with Gasteiger partial charge >= 0.3 is 12.0 Å². The molecule has 1 aromatic heterocycles. The molecule has 1 amide bonds. The van der Waals surface area contributed by atoms with Gasteiger partial charge in [0.1, 0.15) is 12.3 Å². The van der Waals surface area contributed by atoms with Gasteiger partial charge in [-0.1, -0.05) is 36.4 Å². The van der Waals surface area contributed by atoms with E-state index in [1.54, 1.807) is 24.3 Å². The third kappa shape index (κ3) is 10.5. The molecule has 0 aliphatic heterocycles. The van der Waals surface area contributed by atoms with Crippen molar-refractivity contribution in [1.29, 1.82) is 0 Å². The van der Waals surface area contributed by atoms with E-state index in [2.05, 4.69) is 35.6 Å². The fraction of sp³-hybridized carbons (Fsp3) is 0.320. The van der Waals surface area contributed by atoms with Gasteiger partial charge in [-0.15, -0.1) is 0 Å². The standard InChI is InChI=1S/C25H30N6O6/c1-34-21(32)18-28-24-29-23(30-25(31-24)37-20-10-6-3-7-11-20)27-13-15-36-17-16-35-14-12-26-22(33)19-8-4-2-5-9-19/h2-11H,12-18H2,1H3,(H,26,33)(H2,27,28,29,30,31). The average Bonchev–Trinajstić information content (AvgIpc) is 2.93. The monoisotopic (exact) mass is 510 g/mol. The number of methoxy groups -OCH3 is 1. The highest BCUT2D eigenvalue weighted by Crippen LogP contribution is 2.19. The Morgan fingerprint density at radius 2 is 1.38 bits per heavy atom. The first-order chi connectivity index (χ1) is 18.1. The Balaban J connectivity index is 1.35. The number of rotatable bonds is 16. The van der Waals surface area contributed by atoms with Crippen LogP contribution in [0.25, 0.3) is 0 Å². The van der Waals surface area contributed by atoms with E-state index in [-0.39, 0.29) is 30.4 Å². The van der Waals surface area contributed by atoms with Crippen LogP contribution in [0.1, 0.15) is 10.4 Å². The molecular formula is C25H30N6O6. The van der Waals surface area contributed by atoms with E-state index in [4.69, 9.17) is 14.2 Å². The third-order valence-corrected chi connectivity index (χ3v) is 4.66. The molecule has 12 nitrogen and oxygen atoms in total. The molecule has 2 aromatic carbocycles. The molecule has 0 fully saturated rings. The highest BCUT2D eigenvalue weighted by molar-refractivity contribution is 5.94. The van der Waals surface area contributed by atoms with E-state index in [1.165, 1.54) is 7.11 Å². The summed E-state index contributed by atoms with van der Waals surface area (Å²) in [6, 6.07) is 18.1. The molecule has 37 heavy (non-hydrogen) atoms. The fourth-order valence-corrected chi connectivity index (χ4v) is 2.86. The zero-order valence-corrected chi connectivity index (χ0v) is 20.5. The van der Waals surface area contributed by atoms with Gasteiger partial charge in [0.2, 0.25) is 11.9 Å². The maximum absolute atomic E-state index is 11.9. The van der Waals surface area contributed by atoms with E-state index in [9.17, 15) is 9.59 Å². The first kappa shape index (κ1) is 27.3. The number of anilines is 2. The van der Waals surface area contributed by atoms with E-state index in [0.29, 0.717) is 50.8 Å². The number of nitrogens with one attached hydrogen (secondary N) is 3. The first-order valence-corrected chi connectivity index (χ1v) is 11.7. The Kier molecular flexibility index (Phi) is 11.5. The molecule has 3 N–H and O–H groups in total. The van der Waals surface area contributed by atoms with E-state index in [1.807, 2.05) is 36.4 Å². The normalized spacial score (nSPS) is 10.4. The zero-order valence-electron chi connectivity index (χ0n) is 20.5. The van der Waals surface area contributed by atoms with Gasteiger partial charge in [-0.3, -0.25) is 9.59 Å². The summed E-state index contributed by atoms with van der Waals surface area (Å²) in [5.41, 5.74) is 0.613. The number of hydrogen-bond acceptors (Lipinski definition) is 11. The summed E-state index contributed by atoms with van der Waals surface area (Å²) >= 11 is 0. The van der Waals surface area contributed by atoms with Crippen LogP contribution < -0.4 is 20.7 Å². The molecule has 0 saturated heterocycles. The van der Waals surface area contributed by atoms with Crippen molar-refractivity contribution >= 4 is 23.8 Å². The van der Waals surface area contributed by atoms with Gasteiger partial charge < -0.3 is 34.9 Å². The summed E-state index contributed by atoms with van der Waals surface area (Å²) in [6.45, 7) is 2.26. The lowest BCUT2D eigenvalue weighted by atomic mass is 10.2. The van der Waals surface area contributed by atoms with Gasteiger partial charge in [-0.05, 0) is 24.3 Å². The number of esters is 1. The highest BCUT2D eigenvalue weighted by Gasteiger charge is 2.10. The number of benzene rings is 2. The van der Waals surface area contributed by atoms with Gasteiger partial charge in [0.25, 0.3) is 5.91 Å². The predicted octanol–water partition coefficient (Wildman–Crippen LogP) is 2.12. The van der Waals surface area contributed by atoms with Crippen LogP contribution in [-0.4, -0.2) is 80.0 Å². The SMILES string of the molecule is COC(=O)CNc1nc(NCCOCCOCCNC(=O)c2ccccc2)nc(Oc2ccccc2)n1. The number of amides is 1. The molecule has 0 saturated carbocycles. The van der Waals surface area contributed by atoms with Crippen molar-refractivity contribution in [2.75, 3.05) is 63.8 Å². The lowest BCUT2D eigenvalue weighted by molar-refractivity contribution is -0.138. The van der Waals surface area contributed by atoms with Crippen LogP contribution in [0.15, 0.2) is 60.7 Å². The molecule has 196 valence electrons. The minimum absolute atomic E-state index is 0.0599. The van der Waals surface area contributed by atoms with Crippen LogP contribution in [0.2, 0.25) is 0 Å². The Labute approximate surface area is 214 Å². The zero-order chi connectivity index (χ0) is 26.1. The Morgan fingerprint density at radius 1 is 0.757 bits per heavy atom. The number of nitrogens with zero attached hydrogens (tertiary/aromatic N) is 3. The Hall–Kier alpha value is -4.29. The highest BCUT2D eigenvalue weighted by atomic mass is 16.5. The number of para-hydroxylation sites is 1. The lowest BCUT2D eigenvalue weighted by Crippen LogP contribution is -2.27. The molecule has 12 heteroatoms. The van der Waals surface area contributed by atoms with Crippen molar-refractivity contribution in [2.24, 2.45) is 0 Å². The minimum atomic E-state index is -0.463.